The summed E-state index contributed by atoms with van der Waals surface area (Å²) in [6, 6.07) is 12.4. The fourth-order valence-corrected chi connectivity index (χ4v) is 5.99. The number of halogens is 2. The highest BCUT2D eigenvalue weighted by Crippen LogP contribution is 2.37. The number of rotatable bonds is 7. The van der Waals surface area contributed by atoms with Gasteiger partial charge in [-0.25, -0.2) is 8.78 Å². The molecule has 4 aromatic rings. The van der Waals surface area contributed by atoms with Crippen molar-refractivity contribution in [2.24, 2.45) is 0 Å². The highest BCUT2D eigenvalue weighted by atomic mass is 32.1. The summed E-state index contributed by atoms with van der Waals surface area (Å²) in [4.78, 5) is 29.2. The minimum atomic E-state index is -0.677. The summed E-state index contributed by atoms with van der Waals surface area (Å²) in [6.07, 6.45) is 1.73. The number of amides is 1. The van der Waals surface area contributed by atoms with Gasteiger partial charge in [0.2, 0.25) is 5.43 Å². The SMILES string of the molecule is CCN1C(=O)c2c(OCc3ccccc3)c(=O)c(-c3nnc(Cc4ccc(F)cc4F)s3)cn2[C@@H]2COC[C@H]21. The summed E-state index contributed by atoms with van der Waals surface area (Å²) in [7, 11) is 0. The largest absolute Gasteiger partial charge is 0.483 e. The Morgan fingerprint density at radius 2 is 1.87 bits per heavy atom. The first-order valence-electron chi connectivity index (χ1n) is 12.6. The molecule has 2 aliphatic heterocycles. The van der Waals surface area contributed by atoms with E-state index in [1.54, 1.807) is 15.7 Å². The molecule has 2 atom stereocenters. The van der Waals surface area contributed by atoms with Gasteiger partial charge in [0.1, 0.15) is 23.2 Å². The van der Waals surface area contributed by atoms with E-state index < -0.39 is 17.1 Å². The Kier molecular flexibility index (Phi) is 6.69. The van der Waals surface area contributed by atoms with Crippen molar-refractivity contribution in [2.45, 2.75) is 32.0 Å². The number of carbonyl (C=O) groups is 1. The van der Waals surface area contributed by atoms with Gasteiger partial charge < -0.3 is 18.9 Å². The molecule has 0 spiro atoms. The second-order valence-electron chi connectivity index (χ2n) is 9.41. The van der Waals surface area contributed by atoms with Crippen LogP contribution in [-0.4, -0.2) is 51.4 Å². The maximum absolute atomic E-state index is 14.2. The number of benzene rings is 2. The molecule has 1 fully saturated rings. The van der Waals surface area contributed by atoms with Crippen molar-refractivity contribution < 1.29 is 23.0 Å². The van der Waals surface area contributed by atoms with Crippen LogP contribution in [0.3, 0.4) is 0 Å². The van der Waals surface area contributed by atoms with Crippen LogP contribution in [0.25, 0.3) is 10.6 Å². The number of hydrogen-bond donors (Lipinski definition) is 0. The van der Waals surface area contributed by atoms with Crippen LogP contribution < -0.4 is 10.2 Å². The molecule has 2 aromatic carbocycles. The smallest absolute Gasteiger partial charge is 0.274 e. The van der Waals surface area contributed by atoms with Crippen LogP contribution in [0.1, 0.15) is 39.6 Å². The van der Waals surface area contributed by atoms with Crippen LogP contribution in [-0.2, 0) is 17.8 Å². The minimum Gasteiger partial charge on any atom is -0.483 e. The van der Waals surface area contributed by atoms with E-state index in [2.05, 4.69) is 10.2 Å². The first-order chi connectivity index (χ1) is 18.9. The van der Waals surface area contributed by atoms with Gasteiger partial charge in [-0.15, -0.1) is 10.2 Å². The van der Waals surface area contributed by atoms with Gasteiger partial charge in [-0.1, -0.05) is 47.7 Å². The zero-order valence-electron chi connectivity index (χ0n) is 21.0. The van der Waals surface area contributed by atoms with Gasteiger partial charge in [0, 0.05) is 25.2 Å². The molecule has 0 aliphatic carbocycles. The molecule has 2 aromatic heterocycles. The van der Waals surface area contributed by atoms with Crippen LogP contribution in [0.5, 0.6) is 5.75 Å². The van der Waals surface area contributed by atoms with Crippen LogP contribution in [0.2, 0.25) is 0 Å². The van der Waals surface area contributed by atoms with E-state index in [4.69, 9.17) is 9.47 Å². The van der Waals surface area contributed by atoms with Crippen LogP contribution in [0.4, 0.5) is 8.78 Å². The molecule has 1 amide bonds. The van der Waals surface area contributed by atoms with Gasteiger partial charge >= 0.3 is 0 Å². The summed E-state index contributed by atoms with van der Waals surface area (Å²) in [5.41, 5.74) is 1.05. The average Bonchev–Trinajstić information content (AvgIpc) is 3.61. The number of pyridine rings is 1. The van der Waals surface area contributed by atoms with Gasteiger partial charge in [-0.05, 0) is 24.1 Å². The fraction of sp³-hybridized carbons (Fsp3) is 0.286. The Hall–Kier alpha value is -3.96. The Bertz CT molecular complexity index is 1610. The quantitative estimate of drug-likeness (QED) is 0.342. The lowest BCUT2D eigenvalue weighted by molar-refractivity contribution is 0.0568. The summed E-state index contributed by atoms with van der Waals surface area (Å²) < 4.78 is 41.1. The standard InChI is InChI=1S/C28H24F2N4O4S/c1-2-33-21-14-37-15-22(21)34-12-19(27-32-31-23(39-27)10-17-8-9-18(29)11-20(17)30)25(35)26(24(34)28(33)36)38-13-16-6-4-3-5-7-16/h3-9,11-12,21-22H,2,10,13-15H2,1H3/t21-,22-/m1/s1. The Balaban J connectivity index is 1.43. The second-order valence-corrected chi connectivity index (χ2v) is 10.5. The van der Waals surface area contributed by atoms with E-state index in [-0.39, 0.29) is 53.6 Å². The van der Waals surface area contributed by atoms with Crippen molar-refractivity contribution in [3.8, 4) is 16.3 Å². The van der Waals surface area contributed by atoms with Crippen molar-refractivity contribution in [3.05, 3.63) is 98.4 Å². The number of nitrogens with zero attached hydrogens (tertiary/aromatic N) is 4. The second kappa shape index (κ2) is 10.3. The predicted molar refractivity (Wildman–Crippen MR) is 140 cm³/mol. The van der Waals surface area contributed by atoms with Crippen LogP contribution in [0, 0.1) is 11.6 Å². The van der Waals surface area contributed by atoms with E-state index in [0.29, 0.717) is 29.8 Å². The number of carbonyl (C=O) groups excluding carboxylic acids is 1. The van der Waals surface area contributed by atoms with Gasteiger partial charge in [0.15, 0.2) is 16.5 Å². The van der Waals surface area contributed by atoms with Gasteiger partial charge in [0.25, 0.3) is 5.91 Å². The lowest BCUT2D eigenvalue weighted by Crippen LogP contribution is -2.51. The van der Waals surface area contributed by atoms with E-state index in [0.717, 1.165) is 23.0 Å². The third-order valence-electron chi connectivity index (χ3n) is 7.06. The third-order valence-corrected chi connectivity index (χ3v) is 8.01. The molecule has 0 saturated carbocycles. The highest BCUT2D eigenvalue weighted by molar-refractivity contribution is 7.14. The number of aromatic nitrogens is 3. The molecule has 2 aliphatic rings. The van der Waals surface area contributed by atoms with Crippen molar-refractivity contribution >= 4 is 17.2 Å². The van der Waals surface area contributed by atoms with E-state index in [1.165, 1.54) is 12.1 Å². The topological polar surface area (TPSA) is 86.5 Å². The summed E-state index contributed by atoms with van der Waals surface area (Å²) in [5, 5.41) is 9.14. The maximum Gasteiger partial charge on any atom is 0.274 e. The van der Waals surface area contributed by atoms with Gasteiger partial charge in [0.05, 0.1) is 30.9 Å². The van der Waals surface area contributed by atoms with Gasteiger partial charge in [-0.2, -0.15) is 0 Å². The molecule has 0 unspecified atom stereocenters. The van der Waals surface area contributed by atoms with Gasteiger partial charge in [-0.3, -0.25) is 9.59 Å². The van der Waals surface area contributed by atoms with Crippen LogP contribution in [0.15, 0.2) is 59.5 Å². The van der Waals surface area contributed by atoms with Crippen molar-refractivity contribution in [1.82, 2.24) is 19.7 Å². The third kappa shape index (κ3) is 4.61. The lowest BCUT2D eigenvalue weighted by Gasteiger charge is -2.39. The molecule has 0 radical (unpaired) electrons. The minimum absolute atomic E-state index is 0.0496. The zero-order valence-corrected chi connectivity index (χ0v) is 21.8. The molecule has 0 bridgehead atoms. The molecule has 200 valence electrons. The Labute approximate surface area is 226 Å². The lowest BCUT2D eigenvalue weighted by atomic mass is 10.0. The summed E-state index contributed by atoms with van der Waals surface area (Å²) in [5.74, 6) is -1.68. The van der Waals surface area contributed by atoms with Crippen molar-refractivity contribution in [1.29, 1.82) is 0 Å². The number of ether oxygens (including phenoxy) is 2. The van der Waals surface area contributed by atoms with Crippen molar-refractivity contribution in [3.63, 3.8) is 0 Å². The Morgan fingerprint density at radius 3 is 2.64 bits per heavy atom. The Morgan fingerprint density at radius 1 is 1.08 bits per heavy atom. The molecule has 8 nitrogen and oxygen atoms in total. The molecule has 6 rings (SSSR count). The normalized spacial score (nSPS) is 18.2. The molecular weight excluding hydrogens is 526 g/mol. The predicted octanol–water partition coefficient (Wildman–Crippen LogP) is 4.23. The van der Waals surface area contributed by atoms with E-state index in [9.17, 15) is 18.4 Å². The molecule has 11 heteroatoms. The summed E-state index contributed by atoms with van der Waals surface area (Å²) in [6.45, 7) is 3.25. The zero-order chi connectivity index (χ0) is 27.1. The van der Waals surface area contributed by atoms with E-state index in [1.807, 2.05) is 37.3 Å². The highest BCUT2D eigenvalue weighted by Gasteiger charge is 2.44. The first-order valence-corrected chi connectivity index (χ1v) is 13.4. The van der Waals surface area contributed by atoms with Crippen LogP contribution >= 0.6 is 11.3 Å². The monoisotopic (exact) mass is 550 g/mol. The molecule has 0 N–H and O–H groups in total. The first kappa shape index (κ1) is 25.3. The van der Waals surface area contributed by atoms with E-state index >= 15 is 0 Å². The maximum atomic E-state index is 14.2. The molecule has 1 saturated heterocycles. The molecule has 39 heavy (non-hydrogen) atoms. The molecule has 4 heterocycles. The molecular formula is C28H24F2N4O4S. The fourth-order valence-electron chi connectivity index (χ4n) is 5.12. The summed E-state index contributed by atoms with van der Waals surface area (Å²) >= 11 is 1.13. The number of likely N-dealkylation sites (N-methyl/N-ethyl adjacent to an activating group) is 1. The van der Waals surface area contributed by atoms with Crippen molar-refractivity contribution in [2.75, 3.05) is 19.8 Å². The number of fused-ring (bicyclic) bond motifs is 3. The number of hydrogen-bond acceptors (Lipinski definition) is 7. The average molecular weight is 551 g/mol.